The van der Waals surface area contributed by atoms with Gasteiger partial charge in [0.2, 0.25) is 0 Å². The minimum absolute atomic E-state index is 0.0872. The monoisotopic (exact) mass is 503 g/mol. The molecule has 0 fully saturated rings. The van der Waals surface area contributed by atoms with E-state index in [2.05, 4.69) is 22.9 Å². The van der Waals surface area contributed by atoms with Crippen LogP contribution in [0.2, 0.25) is 0 Å². The summed E-state index contributed by atoms with van der Waals surface area (Å²) in [6.45, 7) is 6.73. The van der Waals surface area contributed by atoms with E-state index in [1.807, 2.05) is 38.1 Å². The number of amides is 2. The number of nitrogens with one attached hydrogen (secondary N) is 3. The molecule has 0 aliphatic heterocycles. The predicted molar refractivity (Wildman–Crippen MR) is 150 cm³/mol. The van der Waals surface area contributed by atoms with Crippen molar-refractivity contribution >= 4 is 40.5 Å². The molecular weight excluding hydrogens is 470 g/mol. The summed E-state index contributed by atoms with van der Waals surface area (Å²) < 4.78 is 5.85. The van der Waals surface area contributed by atoms with Gasteiger partial charge in [-0.15, -0.1) is 0 Å². The number of carbonyl (C=O) groups excluding carboxylic acids is 2. The van der Waals surface area contributed by atoms with E-state index in [0.717, 1.165) is 36.8 Å². The summed E-state index contributed by atoms with van der Waals surface area (Å²) in [6.07, 6.45) is 4.34. The van der Waals surface area contributed by atoms with Gasteiger partial charge in [0, 0.05) is 5.69 Å². The zero-order valence-electron chi connectivity index (χ0n) is 21.0. The third-order valence-corrected chi connectivity index (χ3v) is 6.00. The SMILES string of the molecule is CCCCCCOc1ccccc1C(=O)NC(=S)Nc1ccccc1C(=O)Nc1ccc(C)c(C)c1. The molecule has 3 N–H and O–H groups in total. The van der Waals surface area contributed by atoms with Crippen molar-refractivity contribution in [3.05, 3.63) is 89.0 Å². The first kappa shape index (κ1) is 26.9. The van der Waals surface area contributed by atoms with Crippen molar-refractivity contribution < 1.29 is 14.3 Å². The quantitative estimate of drug-likeness (QED) is 0.213. The van der Waals surface area contributed by atoms with E-state index >= 15 is 0 Å². The summed E-state index contributed by atoms with van der Waals surface area (Å²) >= 11 is 5.38. The Bertz CT molecular complexity index is 1230. The lowest BCUT2D eigenvalue weighted by Crippen LogP contribution is -2.35. The first-order chi connectivity index (χ1) is 17.4. The second-order valence-electron chi connectivity index (χ2n) is 8.61. The lowest BCUT2D eigenvalue weighted by Gasteiger charge is -2.15. The number of thiocarbonyl (C=S) groups is 1. The summed E-state index contributed by atoms with van der Waals surface area (Å²) in [6, 6.07) is 19.8. The van der Waals surface area contributed by atoms with Crippen LogP contribution in [0.3, 0.4) is 0 Å². The molecule has 0 unspecified atom stereocenters. The molecule has 7 heteroatoms. The number of rotatable bonds is 10. The smallest absolute Gasteiger partial charge is 0.261 e. The van der Waals surface area contributed by atoms with E-state index in [1.165, 1.54) is 0 Å². The van der Waals surface area contributed by atoms with Gasteiger partial charge in [0.25, 0.3) is 11.8 Å². The van der Waals surface area contributed by atoms with Crippen LogP contribution >= 0.6 is 12.2 Å². The van der Waals surface area contributed by atoms with Gasteiger partial charge in [0.15, 0.2) is 5.11 Å². The van der Waals surface area contributed by atoms with Gasteiger partial charge in [-0.3, -0.25) is 14.9 Å². The Morgan fingerprint density at radius 2 is 1.53 bits per heavy atom. The zero-order chi connectivity index (χ0) is 25.9. The van der Waals surface area contributed by atoms with Gasteiger partial charge in [-0.05, 0) is 80.0 Å². The molecule has 0 heterocycles. The minimum Gasteiger partial charge on any atom is -0.493 e. The van der Waals surface area contributed by atoms with Gasteiger partial charge >= 0.3 is 0 Å². The molecule has 0 spiro atoms. The van der Waals surface area contributed by atoms with E-state index in [-0.39, 0.29) is 16.9 Å². The molecule has 188 valence electrons. The van der Waals surface area contributed by atoms with Crippen LogP contribution in [0.1, 0.15) is 64.4 Å². The molecule has 0 radical (unpaired) electrons. The molecular formula is C29H33N3O3S. The Balaban J connectivity index is 1.64. The zero-order valence-corrected chi connectivity index (χ0v) is 21.8. The molecule has 3 rings (SSSR count). The van der Waals surface area contributed by atoms with Crippen LogP contribution < -0.4 is 20.7 Å². The number of anilines is 2. The highest BCUT2D eigenvalue weighted by molar-refractivity contribution is 7.80. The molecule has 0 bridgehead atoms. The Labute approximate surface area is 218 Å². The molecule has 6 nitrogen and oxygen atoms in total. The van der Waals surface area contributed by atoms with Crippen molar-refractivity contribution in [2.24, 2.45) is 0 Å². The number of aryl methyl sites for hydroxylation is 2. The minimum atomic E-state index is -0.381. The Morgan fingerprint density at radius 1 is 0.806 bits per heavy atom. The van der Waals surface area contributed by atoms with Gasteiger partial charge in [-0.1, -0.05) is 56.5 Å². The molecule has 3 aromatic rings. The fourth-order valence-corrected chi connectivity index (χ4v) is 3.83. The van der Waals surface area contributed by atoms with Crippen LogP contribution in [0.5, 0.6) is 5.75 Å². The van der Waals surface area contributed by atoms with Gasteiger partial charge in [0.1, 0.15) is 5.75 Å². The standard InChI is InChI=1S/C29H33N3O3S/c1-4-5-6-11-18-35-26-15-10-8-13-24(26)28(34)32-29(36)31-25-14-9-7-12-23(25)27(33)30-22-17-16-20(2)21(3)19-22/h7-10,12-17,19H,4-6,11,18H2,1-3H3,(H,30,33)(H2,31,32,34,36). The average molecular weight is 504 g/mol. The summed E-state index contributed by atoms with van der Waals surface area (Å²) in [4.78, 5) is 25.9. The summed E-state index contributed by atoms with van der Waals surface area (Å²) in [5.74, 6) is -0.145. The molecule has 0 aliphatic rings. The van der Waals surface area contributed by atoms with Crippen LogP contribution in [0.25, 0.3) is 0 Å². The third kappa shape index (κ3) is 7.65. The predicted octanol–water partition coefficient (Wildman–Crippen LogP) is 6.64. The van der Waals surface area contributed by atoms with Crippen LogP contribution in [0.15, 0.2) is 66.7 Å². The molecule has 3 aromatic carbocycles. The molecule has 0 atom stereocenters. The number of carbonyl (C=O) groups is 2. The molecule has 0 aromatic heterocycles. The maximum atomic E-state index is 13.0. The summed E-state index contributed by atoms with van der Waals surface area (Å²) in [7, 11) is 0. The van der Waals surface area contributed by atoms with Gasteiger partial charge in [0.05, 0.1) is 23.4 Å². The molecule has 2 amide bonds. The van der Waals surface area contributed by atoms with Crippen molar-refractivity contribution in [2.45, 2.75) is 46.5 Å². The maximum absolute atomic E-state index is 13.0. The molecule has 0 aliphatic carbocycles. The van der Waals surface area contributed by atoms with Crippen molar-refractivity contribution in [1.29, 1.82) is 0 Å². The number of para-hydroxylation sites is 2. The second kappa shape index (κ2) is 13.4. The maximum Gasteiger partial charge on any atom is 0.261 e. The van der Waals surface area contributed by atoms with Crippen molar-refractivity contribution in [3.63, 3.8) is 0 Å². The van der Waals surface area contributed by atoms with E-state index in [9.17, 15) is 9.59 Å². The lowest BCUT2D eigenvalue weighted by atomic mass is 10.1. The Kier molecular flexibility index (Phi) is 10.0. The van der Waals surface area contributed by atoms with Crippen LogP contribution in [0.4, 0.5) is 11.4 Å². The Hall–Kier alpha value is -3.71. The van der Waals surface area contributed by atoms with Gasteiger partial charge < -0.3 is 15.4 Å². The average Bonchev–Trinajstić information content (AvgIpc) is 2.86. The number of hydrogen-bond donors (Lipinski definition) is 3. The fourth-order valence-electron chi connectivity index (χ4n) is 3.62. The normalized spacial score (nSPS) is 10.4. The topological polar surface area (TPSA) is 79.5 Å². The third-order valence-electron chi connectivity index (χ3n) is 5.80. The number of benzene rings is 3. The number of unbranched alkanes of at least 4 members (excludes halogenated alkanes) is 3. The highest BCUT2D eigenvalue weighted by atomic mass is 32.1. The van der Waals surface area contributed by atoms with Crippen LogP contribution in [-0.2, 0) is 0 Å². The summed E-state index contributed by atoms with van der Waals surface area (Å²) in [5.41, 5.74) is 4.25. The number of ether oxygens (including phenoxy) is 1. The van der Waals surface area contributed by atoms with Crippen LogP contribution in [-0.4, -0.2) is 23.5 Å². The van der Waals surface area contributed by atoms with E-state index < -0.39 is 0 Å². The first-order valence-electron chi connectivity index (χ1n) is 12.2. The second-order valence-corrected chi connectivity index (χ2v) is 9.02. The molecule has 36 heavy (non-hydrogen) atoms. The first-order valence-corrected chi connectivity index (χ1v) is 12.6. The number of hydrogen-bond acceptors (Lipinski definition) is 4. The van der Waals surface area contributed by atoms with Gasteiger partial charge in [-0.2, -0.15) is 0 Å². The van der Waals surface area contributed by atoms with Crippen molar-refractivity contribution in [1.82, 2.24) is 5.32 Å². The molecule has 0 saturated heterocycles. The largest absolute Gasteiger partial charge is 0.493 e. The van der Waals surface area contributed by atoms with E-state index in [1.54, 1.807) is 42.5 Å². The van der Waals surface area contributed by atoms with Crippen molar-refractivity contribution in [2.75, 3.05) is 17.2 Å². The van der Waals surface area contributed by atoms with Gasteiger partial charge in [-0.25, -0.2) is 0 Å². The highest BCUT2D eigenvalue weighted by Gasteiger charge is 2.16. The fraction of sp³-hybridized carbons (Fsp3) is 0.276. The lowest BCUT2D eigenvalue weighted by molar-refractivity contribution is 0.0972. The highest BCUT2D eigenvalue weighted by Crippen LogP contribution is 2.21. The van der Waals surface area contributed by atoms with Crippen molar-refractivity contribution in [3.8, 4) is 5.75 Å². The van der Waals surface area contributed by atoms with E-state index in [0.29, 0.717) is 34.9 Å². The summed E-state index contributed by atoms with van der Waals surface area (Å²) in [5, 5.41) is 8.68. The van der Waals surface area contributed by atoms with Crippen LogP contribution in [0, 0.1) is 13.8 Å². The van der Waals surface area contributed by atoms with E-state index in [4.69, 9.17) is 17.0 Å². The molecule has 0 saturated carbocycles. The Morgan fingerprint density at radius 3 is 2.28 bits per heavy atom.